The Kier molecular flexibility index (Phi) is 3.99. The van der Waals surface area contributed by atoms with Gasteiger partial charge >= 0.3 is 0 Å². The van der Waals surface area contributed by atoms with E-state index in [0.29, 0.717) is 24.9 Å². The van der Waals surface area contributed by atoms with Gasteiger partial charge in [-0.05, 0) is 67.1 Å². The summed E-state index contributed by atoms with van der Waals surface area (Å²) in [6.45, 7) is 2.31. The number of aryl methyl sites for hydroxylation is 3. The molecule has 2 aliphatic rings. The molecule has 26 heavy (non-hydrogen) atoms. The third-order valence-electron chi connectivity index (χ3n) is 4.98. The second kappa shape index (κ2) is 6.09. The van der Waals surface area contributed by atoms with E-state index in [2.05, 4.69) is 4.72 Å². The number of nitrogens with zero attached hydrogens (tertiary/aromatic N) is 1. The van der Waals surface area contributed by atoms with E-state index in [1.165, 1.54) is 12.1 Å². The van der Waals surface area contributed by atoms with Crippen molar-refractivity contribution in [3.05, 3.63) is 52.8 Å². The fourth-order valence-electron chi connectivity index (χ4n) is 3.65. The Morgan fingerprint density at radius 3 is 2.54 bits per heavy atom. The zero-order valence-electron chi connectivity index (χ0n) is 14.4. The molecule has 0 aliphatic carbocycles. The summed E-state index contributed by atoms with van der Waals surface area (Å²) in [6.07, 6.45) is 2.50. The molecular formula is C19H19FN2O3S. The number of carbonyl (C=O) groups is 1. The lowest BCUT2D eigenvalue weighted by Gasteiger charge is -2.35. The summed E-state index contributed by atoms with van der Waals surface area (Å²) in [4.78, 5) is 14.0. The summed E-state index contributed by atoms with van der Waals surface area (Å²) in [7, 11) is -3.84. The molecule has 1 N–H and O–H groups in total. The fourth-order valence-corrected chi connectivity index (χ4v) is 4.80. The summed E-state index contributed by atoms with van der Waals surface area (Å²) >= 11 is 0. The molecule has 2 heterocycles. The number of carbonyl (C=O) groups excluding carboxylic acids is 1. The zero-order valence-corrected chi connectivity index (χ0v) is 15.2. The summed E-state index contributed by atoms with van der Waals surface area (Å²) in [5, 5.41) is 0. The van der Waals surface area contributed by atoms with E-state index in [1.807, 2.05) is 0 Å². The van der Waals surface area contributed by atoms with E-state index in [9.17, 15) is 17.6 Å². The van der Waals surface area contributed by atoms with Crippen molar-refractivity contribution in [2.45, 2.75) is 37.5 Å². The largest absolute Gasteiger partial charge is 0.312 e. The van der Waals surface area contributed by atoms with Crippen molar-refractivity contribution in [1.82, 2.24) is 0 Å². The summed E-state index contributed by atoms with van der Waals surface area (Å²) in [5.41, 5.74) is 3.30. The van der Waals surface area contributed by atoms with E-state index in [1.54, 1.807) is 30.0 Å². The van der Waals surface area contributed by atoms with E-state index < -0.39 is 15.8 Å². The second-order valence-corrected chi connectivity index (χ2v) is 8.49. The Hall–Kier alpha value is -2.41. The monoisotopic (exact) mass is 374 g/mol. The molecule has 2 aliphatic heterocycles. The minimum Gasteiger partial charge on any atom is -0.312 e. The second-order valence-electron chi connectivity index (χ2n) is 6.81. The molecule has 0 atom stereocenters. The van der Waals surface area contributed by atoms with Crippen LogP contribution in [0.5, 0.6) is 0 Å². The van der Waals surface area contributed by atoms with E-state index in [0.717, 1.165) is 29.7 Å². The van der Waals surface area contributed by atoms with Crippen LogP contribution in [0.25, 0.3) is 0 Å². The summed E-state index contributed by atoms with van der Waals surface area (Å²) < 4.78 is 41.8. The molecule has 0 fully saturated rings. The van der Waals surface area contributed by atoms with E-state index in [4.69, 9.17) is 0 Å². The lowest BCUT2D eigenvalue weighted by molar-refractivity contribution is -0.119. The number of hydrogen-bond donors (Lipinski definition) is 1. The van der Waals surface area contributed by atoms with Gasteiger partial charge in [0.25, 0.3) is 10.0 Å². The van der Waals surface area contributed by atoms with Crippen molar-refractivity contribution >= 4 is 27.3 Å². The Morgan fingerprint density at radius 1 is 1.08 bits per heavy atom. The van der Waals surface area contributed by atoms with Crippen molar-refractivity contribution < 1.29 is 17.6 Å². The van der Waals surface area contributed by atoms with Gasteiger partial charge in [-0.3, -0.25) is 9.52 Å². The minimum absolute atomic E-state index is 0.0994. The smallest absolute Gasteiger partial charge is 0.261 e. The number of amides is 1. The van der Waals surface area contributed by atoms with Crippen molar-refractivity contribution in [1.29, 1.82) is 0 Å². The number of halogens is 1. The molecule has 7 heteroatoms. The van der Waals surface area contributed by atoms with Gasteiger partial charge < -0.3 is 4.90 Å². The van der Waals surface area contributed by atoms with Crippen LogP contribution in [-0.4, -0.2) is 20.9 Å². The van der Waals surface area contributed by atoms with Gasteiger partial charge in [-0.2, -0.15) is 0 Å². The average molecular weight is 374 g/mol. The Labute approximate surface area is 151 Å². The summed E-state index contributed by atoms with van der Waals surface area (Å²) in [6, 6.07) is 7.52. The molecule has 5 nitrogen and oxygen atoms in total. The standard InChI is InChI=1S/C19H19FN2O3S/c1-12-4-6-15(11-17(12)20)21-26(24,25)16-9-13-3-2-8-22-18(23)7-5-14(10-16)19(13)22/h4,6,9-11,21H,2-3,5,7-8H2,1H3. The van der Waals surface area contributed by atoms with E-state index in [-0.39, 0.29) is 16.5 Å². The van der Waals surface area contributed by atoms with Crippen LogP contribution in [-0.2, 0) is 27.7 Å². The topological polar surface area (TPSA) is 66.5 Å². The number of rotatable bonds is 3. The third kappa shape index (κ3) is 2.86. The number of nitrogens with one attached hydrogen (secondary N) is 1. The van der Waals surface area contributed by atoms with Gasteiger partial charge in [-0.15, -0.1) is 0 Å². The van der Waals surface area contributed by atoms with Crippen LogP contribution in [0.15, 0.2) is 35.2 Å². The van der Waals surface area contributed by atoms with E-state index >= 15 is 0 Å². The van der Waals surface area contributed by atoms with Crippen molar-refractivity contribution in [2.75, 3.05) is 16.2 Å². The highest BCUT2D eigenvalue weighted by atomic mass is 32.2. The van der Waals surface area contributed by atoms with Crippen LogP contribution in [0.4, 0.5) is 15.8 Å². The molecule has 0 saturated carbocycles. The van der Waals surface area contributed by atoms with Crippen LogP contribution in [0, 0.1) is 12.7 Å². The lowest BCUT2D eigenvalue weighted by Crippen LogP contribution is -2.39. The van der Waals surface area contributed by atoms with Crippen LogP contribution < -0.4 is 9.62 Å². The highest BCUT2D eigenvalue weighted by Crippen LogP contribution is 2.37. The SMILES string of the molecule is Cc1ccc(NS(=O)(=O)c2cc3c4c(c2)CCC(=O)N4CCC3)cc1F. The third-order valence-corrected chi connectivity index (χ3v) is 6.34. The van der Waals surface area contributed by atoms with Crippen LogP contribution >= 0.6 is 0 Å². The van der Waals surface area contributed by atoms with Gasteiger partial charge in [0, 0.05) is 13.0 Å². The molecule has 1 amide bonds. The molecule has 0 spiro atoms. The molecule has 2 aromatic carbocycles. The Balaban J connectivity index is 1.73. The Morgan fingerprint density at radius 2 is 1.81 bits per heavy atom. The molecule has 4 rings (SSSR count). The molecule has 0 radical (unpaired) electrons. The maximum atomic E-state index is 13.7. The van der Waals surface area contributed by atoms with Crippen LogP contribution in [0.2, 0.25) is 0 Å². The van der Waals surface area contributed by atoms with Gasteiger partial charge in [-0.25, -0.2) is 12.8 Å². The number of benzene rings is 2. The minimum atomic E-state index is -3.84. The molecule has 0 unspecified atom stereocenters. The van der Waals surface area contributed by atoms with Gasteiger partial charge in [0.2, 0.25) is 5.91 Å². The first kappa shape index (κ1) is 17.0. The first-order valence-corrected chi connectivity index (χ1v) is 10.1. The predicted molar refractivity (Wildman–Crippen MR) is 97.4 cm³/mol. The number of hydrogen-bond acceptors (Lipinski definition) is 3. The first-order valence-electron chi connectivity index (χ1n) is 8.60. The van der Waals surface area contributed by atoms with Gasteiger partial charge in [0.05, 0.1) is 16.3 Å². The fraction of sp³-hybridized carbons (Fsp3) is 0.316. The molecule has 136 valence electrons. The first-order chi connectivity index (χ1) is 12.3. The highest BCUT2D eigenvalue weighted by molar-refractivity contribution is 7.92. The average Bonchev–Trinajstić information content (AvgIpc) is 2.61. The van der Waals surface area contributed by atoms with Crippen LogP contribution in [0.3, 0.4) is 0 Å². The van der Waals surface area contributed by atoms with Gasteiger partial charge in [0.1, 0.15) is 5.82 Å². The lowest BCUT2D eigenvalue weighted by atomic mass is 9.92. The maximum Gasteiger partial charge on any atom is 0.261 e. The van der Waals surface area contributed by atoms with Crippen LogP contribution in [0.1, 0.15) is 29.5 Å². The van der Waals surface area contributed by atoms with Gasteiger partial charge in [0.15, 0.2) is 0 Å². The molecular weight excluding hydrogens is 355 g/mol. The quantitative estimate of drug-likeness (QED) is 0.897. The van der Waals surface area contributed by atoms with Crippen molar-refractivity contribution in [3.63, 3.8) is 0 Å². The van der Waals surface area contributed by atoms with Crippen molar-refractivity contribution in [2.24, 2.45) is 0 Å². The number of anilines is 2. The van der Waals surface area contributed by atoms with Gasteiger partial charge in [-0.1, -0.05) is 6.07 Å². The highest BCUT2D eigenvalue weighted by Gasteiger charge is 2.31. The normalized spacial score (nSPS) is 16.4. The number of sulfonamides is 1. The maximum absolute atomic E-state index is 13.7. The summed E-state index contributed by atoms with van der Waals surface area (Å²) in [5.74, 6) is -0.359. The predicted octanol–water partition coefficient (Wildman–Crippen LogP) is 3.16. The Bertz CT molecular complexity index is 1000. The molecule has 0 aromatic heterocycles. The molecule has 2 aromatic rings. The molecule has 0 bridgehead atoms. The van der Waals surface area contributed by atoms with Crippen molar-refractivity contribution in [3.8, 4) is 0 Å². The zero-order chi connectivity index (χ0) is 18.5. The molecule has 0 saturated heterocycles.